The van der Waals surface area contributed by atoms with Crippen molar-refractivity contribution in [2.24, 2.45) is 0 Å². The van der Waals surface area contributed by atoms with Crippen LogP contribution in [0, 0.1) is 0 Å². The van der Waals surface area contributed by atoms with Gasteiger partial charge in [-0.15, -0.1) is 0 Å². The summed E-state index contributed by atoms with van der Waals surface area (Å²) in [5, 5.41) is 0. The minimum atomic E-state index is -4.53. The van der Waals surface area contributed by atoms with Crippen molar-refractivity contribution in [3.05, 3.63) is 24.3 Å². The SMILES string of the molecule is CCCCCCCCC/C=C\CCCCCCCCOCC(COP(=O)([O-])OCC[N+](C)(C)C)OC(=O)CCCCCCCCCCC/C=C\CCCCCCCCCC. The molecule has 60 heavy (non-hydrogen) atoms. The second kappa shape index (κ2) is 44.6. The molecule has 0 radical (unpaired) electrons. The average molecular weight is 870 g/mol. The van der Waals surface area contributed by atoms with Crippen LogP contribution < -0.4 is 4.89 Å². The molecule has 0 aliphatic rings. The predicted octanol–water partition coefficient (Wildman–Crippen LogP) is 14.9. The van der Waals surface area contributed by atoms with Crippen molar-refractivity contribution < 1.29 is 37.3 Å². The fourth-order valence-electron chi connectivity index (χ4n) is 7.24. The highest BCUT2D eigenvalue weighted by Crippen LogP contribution is 2.38. The van der Waals surface area contributed by atoms with Crippen LogP contribution >= 0.6 is 7.82 Å². The molecule has 9 heteroatoms. The molecule has 0 rings (SSSR count). The first kappa shape index (κ1) is 59.0. The zero-order chi connectivity index (χ0) is 44.1. The van der Waals surface area contributed by atoms with E-state index in [1.54, 1.807) is 0 Å². The van der Waals surface area contributed by atoms with Crippen molar-refractivity contribution in [1.82, 2.24) is 0 Å². The first-order valence-corrected chi connectivity index (χ1v) is 27.0. The lowest BCUT2D eigenvalue weighted by atomic mass is 10.1. The summed E-state index contributed by atoms with van der Waals surface area (Å²) in [5.74, 6) is -0.335. The van der Waals surface area contributed by atoms with Gasteiger partial charge in [0, 0.05) is 13.0 Å². The Balaban J connectivity index is 4.14. The lowest BCUT2D eigenvalue weighted by Crippen LogP contribution is -2.37. The third-order valence-corrected chi connectivity index (χ3v) is 12.2. The largest absolute Gasteiger partial charge is 0.756 e. The fraction of sp³-hybridized carbons (Fsp3) is 0.902. The number of nitrogens with zero attached hydrogens (tertiary/aromatic N) is 1. The monoisotopic (exact) mass is 870 g/mol. The zero-order valence-electron chi connectivity index (χ0n) is 40.4. The molecule has 8 nitrogen and oxygen atoms in total. The van der Waals surface area contributed by atoms with Gasteiger partial charge < -0.3 is 27.9 Å². The van der Waals surface area contributed by atoms with Gasteiger partial charge in [0.25, 0.3) is 7.82 Å². The van der Waals surface area contributed by atoms with Crippen LogP contribution in [-0.2, 0) is 27.9 Å². The van der Waals surface area contributed by atoms with Gasteiger partial charge in [-0.2, -0.15) is 0 Å². The molecule has 0 heterocycles. The number of phosphoric ester groups is 1. The van der Waals surface area contributed by atoms with E-state index in [2.05, 4.69) is 38.2 Å². The normalized spacial score (nSPS) is 13.8. The topological polar surface area (TPSA) is 94.1 Å². The summed E-state index contributed by atoms with van der Waals surface area (Å²) in [6.07, 6.45) is 52.0. The van der Waals surface area contributed by atoms with E-state index < -0.39 is 13.9 Å². The number of hydrogen-bond donors (Lipinski definition) is 0. The molecular weight excluding hydrogens is 770 g/mol. The first-order chi connectivity index (χ1) is 29.1. The zero-order valence-corrected chi connectivity index (χ0v) is 41.3. The lowest BCUT2D eigenvalue weighted by molar-refractivity contribution is -0.870. The molecule has 2 atom stereocenters. The summed E-state index contributed by atoms with van der Waals surface area (Å²) < 4.78 is 34.7. The van der Waals surface area contributed by atoms with Gasteiger partial charge in [-0.05, 0) is 64.2 Å². The van der Waals surface area contributed by atoms with E-state index in [9.17, 15) is 14.3 Å². The van der Waals surface area contributed by atoms with Gasteiger partial charge in [0.15, 0.2) is 0 Å². The quantitative estimate of drug-likeness (QED) is 0.0198. The lowest BCUT2D eigenvalue weighted by Gasteiger charge is -2.28. The number of quaternary nitrogens is 1. The molecule has 0 N–H and O–H groups in total. The molecule has 0 fully saturated rings. The van der Waals surface area contributed by atoms with Gasteiger partial charge >= 0.3 is 5.97 Å². The van der Waals surface area contributed by atoms with E-state index >= 15 is 0 Å². The summed E-state index contributed by atoms with van der Waals surface area (Å²) in [7, 11) is 1.36. The number of likely N-dealkylation sites (N-methyl/N-ethyl adjacent to an activating group) is 1. The van der Waals surface area contributed by atoms with E-state index in [4.69, 9.17) is 18.5 Å². The Morgan fingerprint density at radius 2 is 0.867 bits per heavy atom. The summed E-state index contributed by atoms with van der Waals surface area (Å²) in [5.41, 5.74) is 0. The maximum Gasteiger partial charge on any atom is 0.306 e. The Morgan fingerprint density at radius 3 is 1.27 bits per heavy atom. The number of esters is 1. The van der Waals surface area contributed by atoms with Crippen LogP contribution in [0.1, 0.15) is 239 Å². The Bertz CT molecular complexity index is 1010. The number of carbonyl (C=O) groups is 1. The number of rotatable bonds is 48. The molecule has 0 amide bonds. The van der Waals surface area contributed by atoms with Crippen molar-refractivity contribution >= 4 is 13.8 Å². The van der Waals surface area contributed by atoms with Crippen molar-refractivity contribution in [3.8, 4) is 0 Å². The first-order valence-electron chi connectivity index (χ1n) is 25.6. The summed E-state index contributed by atoms with van der Waals surface area (Å²) in [6.45, 7) is 5.43. The molecule has 0 aromatic rings. The average Bonchev–Trinajstić information content (AvgIpc) is 3.20. The van der Waals surface area contributed by atoms with Gasteiger partial charge in [-0.3, -0.25) is 9.36 Å². The Morgan fingerprint density at radius 1 is 0.500 bits per heavy atom. The molecule has 0 saturated heterocycles. The van der Waals surface area contributed by atoms with Crippen molar-refractivity contribution in [3.63, 3.8) is 0 Å². The third kappa shape index (κ3) is 48.0. The number of hydrogen-bond acceptors (Lipinski definition) is 7. The standard InChI is InChI=1S/C51H100NO7P/c1-6-8-10-12-14-16-18-20-22-24-25-26-27-28-30-32-34-36-38-40-42-44-51(53)59-50(49-58-60(54,55)57-47-45-52(3,4)5)48-56-46-43-41-39-37-35-33-31-29-23-21-19-17-15-13-11-9-7-2/h23-25,29,50H,6-22,26-28,30-49H2,1-5H3/b25-24-,29-23-. The van der Waals surface area contributed by atoms with Gasteiger partial charge in [0.05, 0.1) is 34.4 Å². The van der Waals surface area contributed by atoms with Gasteiger partial charge in [0.1, 0.15) is 19.3 Å². The van der Waals surface area contributed by atoms with Crippen LogP contribution in [0.25, 0.3) is 0 Å². The Hall–Kier alpha value is -1.02. The highest BCUT2D eigenvalue weighted by Gasteiger charge is 2.20. The molecule has 0 aliphatic heterocycles. The third-order valence-electron chi connectivity index (χ3n) is 11.2. The summed E-state index contributed by atoms with van der Waals surface area (Å²) >= 11 is 0. The van der Waals surface area contributed by atoms with E-state index in [1.807, 2.05) is 21.1 Å². The maximum atomic E-state index is 12.7. The molecule has 0 bridgehead atoms. The number of ether oxygens (including phenoxy) is 2. The highest BCUT2D eigenvalue weighted by molar-refractivity contribution is 7.45. The number of carbonyl (C=O) groups excluding carboxylic acids is 1. The minimum absolute atomic E-state index is 0.0261. The molecule has 0 saturated carbocycles. The second-order valence-corrected chi connectivity index (χ2v) is 19.9. The predicted molar refractivity (Wildman–Crippen MR) is 254 cm³/mol. The van der Waals surface area contributed by atoms with Crippen LogP contribution in [0.3, 0.4) is 0 Å². The van der Waals surface area contributed by atoms with Gasteiger partial charge in [0.2, 0.25) is 0 Å². The number of phosphoric acid groups is 1. The van der Waals surface area contributed by atoms with Crippen LogP contribution in [0.4, 0.5) is 0 Å². The van der Waals surface area contributed by atoms with Crippen molar-refractivity contribution in [1.29, 1.82) is 0 Å². The molecule has 2 unspecified atom stereocenters. The molecular formula is C51H100NO7P. The smallest absolute Gasteiger partial charge is 0.306 e. The molecule has 0 aromatic carbocycles. The summed E-state index contributed by atoms with van der Waals surface area (Å²) in [6, 6.07) is 0. The Labute approximate surface area is 373 Å². The van der Waals surface area contributed by atoms with E-state index in [-0.39, 0.29) is 25.8 Å². The molecule has 356 valence electrons. The Kier molecular flexibility index (Phi) is 43.8. The number of allylic oxidation sites excluding steroid dienone is 4. The maximum absolute atomic E-state index is 12.7. The van der Waals surface area contributed by atoms with Crippen LogP contribution in [0.5, 0.6) is 0 Å². The van der Waals surface area contributed by atoms with Crippen LogP contribution in [0.2, 0.25) is 0 Å². The van der Waals surface area contributed by atoms with E-state index in [1.165, 1.54) is 186 Å². The van der Waals surface area contributed by atoms with Crippen LogP contribution in [-0.4, -0.2) is 70.7 Å². The van der Waals surface area contributed by atoms with E-state index in [0.717, 1.165) is 32.1 Å². The van der Waals surface area contributed by atoms with E-state index in [0.29, 0.717) is 24.1 Å². The molecule has 0 aromatic heterocycles. The highest BCUT2D eigenvalue weighted by atomic mass is 31.2. The van der Waals surface area contributed by atoms with Gasteiger partial charge in [-0.1, -0.05) is 192 Å². The second-order valence-electron chi connectivity index (χ2n) is 18.5. The number of unbranched alkanes of at least 4 members (excludes halogenated alkanes) is 30. The fourth-order valence-corrected chi connectivity index (χ4v) is 7.97. The van der Waals surface area contributed by atoms with Crippen LogP contribution in [0.15, 0.2) is 24.3 Å². The molecule has 0 spiro atoms. The minimum Gasteiger partial charge on any atom is -0.756 e. The molecule has 0 aliphatic carbocycles. The van der Waals surface area contributed by atoms with Gasteiger partial charge in [-0.25, -0.2) is 0 Å². The van der Waals surface area contributed by atoms with Crippen molar-refractivity contribution in [2.75, 3.05) is 54.1 Å². The van der Waals surface area contributed by atoms with Crippen molar-refractivity contribution in [2.45, 2.75) is 245 Å². The summed E-state index contributed by atoms with van der Waals surface area (Å²) in [4.78, 5) is 25.2.